The first-order valence-corrected chi connectivity index (χ1v) is 13.1. The molecule has 2 saturated heterocycles. The first-order chi connectivity index (χ1) is 18.5. The van der Waals surface area contributed by atoms with Crippen LogP contribution in [-0.2, 0) is 19.2 Å². The molecule has 0 spiro atoms. The third-order valence-corrected chi connectivity index (χ3v) is 9.48. The third-order valence-electron chi connectivity index (χ3n) is 9.19. The molecule has 4 aliphatic rings. The molecule has 1 N–H and O–H groups in total. The van der Waals surface area contributed by atoms with Crippen molar-refractivity contribution < 1.29 is 33.4 Å². The lowest BCUT2D eigenvalue weighted by Gasteiger charge is -2.49. The van der Waals surface area contributed by atoms with E-state index in [4.69, 9.17) is 16.3 Å². The Labute approximate surface area is 229 Å². The lowest BCUT2D eigenvalue weighted by Crippen LogP contribution is -2.48. The van der Waals surface area contributed by atoms with E-state index in [1.165, 1.54) is 32.4 Å². The van der Waals surface area contributed by atoms with Crippen LogP contribution in [0.15, 0.2) is 48.0 Å². The second kappa shape index (κ2) is 8.64. The van der Waals surface area contributed by atoms with Crippen molar-refractivity contribution in [1.29, 1.82) is 0 Å². The summed E-state index contributed by atoms with van der Waals surface area (Å²) >= 11 is 6.00. The molecular formula is C29H26ClFN2O6. The Morgan fingerprint density at radius 3 is 2.46 bits per heavy atom. The number of hydrogen-bond acceptors (Lipinski definition) is 6. The van der Waals surface area contributed by atoms with Gasteiger partial charge in [-0.15, -0.1) is 0 Å². The summed E-state index contributed by atoms with van der Waals surface area (Å²) in [7, 11) is 2.90. The number of likely N-dealkylation sites (tertiary alicyclic amines) is 1. The van der Waals surface area contributed by atoms with E-state index in [0.717, 1.165) is 21.4 Å². The summed E-state index contributed by atoms with van der Waals surface area (Å²) in [6.45, 7) is 1.73. The van der Waals surface area contributed by atoms with Crippen molar-refractivity contribution in [3.05, 3.63) is 64.5 Å². The number of halogens is 2. The molecule has 2 heterocycles. The minimum absolute atomic E-state index is 0.127. The van der Waals surface area contributed by atoms with Crippen molar-refractivity contribution in [2.45, 2.75) is 25.7 Å². The molecule has 1 saturated carbocycles. The molecule has 8 nitrogen and oxygen atoms in total. The highest BCUT2D eigenvalue weighted by atomic mass is 35.5. The Morgan fingerprint density at radius 1 is 1.05 bits per heavy atom. The smallest absolute Gasteiger partial charge is 0.241 e. The fourth-order valence-corrected chi connectivity index (χ4v) is 7.48. The van der Waals surface area contributed by atoms with Crippen LogP contribution in [0, 0.1) is 34.9 Å². The number of ether oxygens (including phenoxy) is 1. The molecule has 6 atom stereocenters. The number of benzene rings is 2. The molecule has 6 unspecified atom stereocenters. The summed E-state index contributed by atoms with van der Waals surface area (Å²) in [6.07, 6.45) is 2.47. The van der Waals surface area contributed by atoms with Gasteiger partial charge in [0.1, 0.15) is 5.82 Å². The van der Waals surface area contributed by atoms with Gasteiger partial charge in [-0.2, -0.15) is 0 Å². The normalized spacial score (nSPS) is 31.7. The minimum Gasteiger partial charge on any atom is -0.504 e. The predicted octanol–water partition coefficient (Wildman–Crippen LogP) is 4.05. The average molecular weight is 553 g/mol. The van der Waals surface area contributed by atoms with Gasteiger partial charge in [0.05, 0.1) is 41.0 Å². The molecule has 2 aromatic rings. The third kappa shape index (κ3) is 3.35. The number of hydrogen-bond donors (Lipinski definition) is 1. The van der Waals surface area contributed by atoms with Crippen LogP contribution in [0.2, 0.25) is 5.02 Å². The monoisotopic (exact) mass is 552 g/mol. The summed E-state index contributed by atoms with van der Waals surface area (Å²) in [4.78, 5) is 56.6. The number of phenolic OH excluding ortho intramolecular Hbond substituents is 1. The van der Waals surface area contributed by atoms with Crippen molar-refractivity contribution in [2.24, 2.45) is 29.1 Å². The van der Waals surface area contributed by atoms with Gasteiger partial charge < -0.3 is 9.84 Å². The number of allylic oxidation sites excluding steroid dienone is 2. The topological polar surface area (TPSA) is 104 Å². The molecule has 0 radical (unpaired) electrons. The van der Waals surface area contributed by atoms with E-state index in [1.807, 2.05) is 6.08 Å². The molecular weight excluding hydrogens is 527 g/mol. The van der Waals surface area contributed by atoms with Crippen LogP contribution in [0.5, 0.6) is 11.5 Å². The highest BCUT2D eigenvalue weighted by Crippen LogP contribution is 2.63. The standard InChI is InChI=1S/C29H26ClFN2O6/c1-29-18(26(36)33(28(29)38)14-5-8-20(31)19(30)11-14)12-17-15(6-7-16-23(17)27(37)32(2)25(16)35)24(29)13-4-9-22(39-3)21(34)10-13/h4-6,8-11,16-18,23-24,34H,7,12H2,1-3H3. The lowest BCUT2D eigenvalue weighted by molar-refractivity contribution is -0.138. The number of nitrogens with zero attached hydrogens (tertiary/aromatic N) is 2. The number of fused-ring (bicyclic) bond motifs is 4. The van der Waals surface area contributed by atoms with Gasteiger partial charge in [-0.1, -0.05) is 29.3 Å². The molecule has 39 heavy (non-hydrogen) atoms. The zero-order valence-electron chi connectivity index (χ0n) is 21.5. The van der Waals surface area contributed by atoms with Gasteiger partial charge in [0.15, 0.2) is 11.5 Å². The van der Waals surface area contributed by atoms with Crippen LogP contribution in [0.25, 0.3) is 0 Å². The zero-order valence-corrected chi connectivity index (χ0v) is 22.2. The van der Waals surface area contributed by atoms with Crippen LogP contribution in [0.4, 0.5) is 10.1 Å². The minimum atomic E-state index is -1.29. The Morgan fingerprint density at radius 2 is 1.79 bits per heavy atom. The molecule has 0 aromatic heterocycles. The average Bonchev–Trinajstić information content (AvgIpc) is 3.25. The number of aromatic hydroxyl groups is 1. The van der Waals surface area contributed by atoms with E-state index in [-0.39, 0.29) is 40.4 Å². The quantitative estimate of drug-likeness (QED) is 0.455. The van der Waals surface area contributed by atoms with E-state index in [0.29, 0.717) is 12.0 Å². The Kier molecular flexibility index (Phi) is 5.66. The van der Waals surface area contributed by atoms with E-state index >= 15 is 0 Å². The molecule has 202 valence electrons. The zero-order chi connectivity index (χ0) is 28.0. The number of phenols is 1. The van der Waals surface area contributed by atoms with E-state index in [2.05, 4.69) is 0 Å². The second-order valence-electron chi connectivity index (χ2n) is 10.9. The first-order valence-electron chi connectivity index (χ1n) is 12.7. The predicted molar refractivity (Wildman–Crippen MR) is 138 cm³/mol. The second-order valence-corrected chi connectivity index (χ2v) is 11.3. The fourth-order valence-electron chi connectivity index (χ4n) is 7.31. The molecule has 2 aromatic carbocycles. The molecule has 10 heteroatoms. The van der Waals surface area contributed by atoms with Gasteiger partial charge >= 0.3 is 0 Å². The maximum Gasteiger partial charge on any atom is 0.241 e. The van der Waals surface area contributed by atoms with Crippen LogP contribution in [-0.4, -0.2) is 47.8 Å². The molecule has 3 fully saturated rings. The van der Waals surface area contributed by atoms with Gasteiger partial charge in [0.2, 0.25) is 23.6 Å². The molecule has 6 rings (SSSR count). The number of amides is 4. The SMILES string of the molecule is COc1ccc(C2C3=CCC4C(=O)N(C)C(=O)C4C3CC3C(=O)N(c4ccc(F)c(Cl)c4)C(=O)C32C)cc1O. The maximum atomic E-state index is 14.3. The molecule has 4 amide bonds. The summed E-state index contributed by atoms with van der Waals surface area (Å²) in [5, 5.41) is 10.4. The number of carbonyl (C=O) groups is 4. The van der Waals surface area contributed by atoms with E-state index in [9.17, 15) is 28.7 Å². The van der Waals surface area contributed by atoms with Gasteiger partial charge in [0.25, 0.3) is 0 Å². The first kappa shape index (κ1) is 25.6. The summed E-state index contributed by atoms with van der Waals surface area (Å²) in [6, 6.07) is 8.54. The molecule has 2 aliphatic heterocycles. The van der Waals surface area contributed by atoms with Gasteiger partial charge in [0, 0.05) is 13.0 Å². The number of methoxy groups -OCH3 is 1. The Hall–Kier alpha value is -3.72. The van der Waals surface area contributed by atoms with Crippen molar-refractivity contribution in [3.63, 3.8) is 0 Å². The summed E-state index contributed by atoms with van der Waals surface area (Å²) in [5.74, 6) is -5.17. The number of rotatable bonds is 3. The van der Waals surface area contributed by atoms with Crippen LogP contribution in [0.3, 0.4) is 0 Å². The summed E-state index contributed by atoms with van der Waals surface area (Å²) < 4.78 is 19.1. The number of carbonyl (C=O) groups excluding carboxylic acids is 4. The van der Waals surface area contributed by atoms with Crippen LogP contribution in [0.1, 0.15) is 31.2 Å². The van der Waals surface area contributed by atoms with Crippen molar-refractivity contribution >= 4 is 40.9 Å². The van der Waals surface area contributed by atoms with Crippen LogP contribution < -0.4 is 9.64 Å². The number of anilines is 1. The summed E-state index contributed by atoms with van der Waals surface area (Å²) in [5.41, 5.74) is 0.257. The Bertz CT molecular complexity index is 1510. The molecule has 2 aliphatic carbocycles. The fraction of sp³-hybridized carbons (Fsp3) is 0.379. The van der Waals surface area contributed by atoms with E-state index in [1.54, 1.807) is 19.1 Å². The van der Waals surface area contributed by atoms with Crippen molar-refractivity contribution in [3.8, 4) is 11.5 Å². The van der Waals surface area contributed by atoms with E-state index < -0.39 is 52.6 Å². The number of imide groups is 2. The van der Waals surface area contributed by atoms with Gasteiger partial charge in [-0.05, 0) is 61.6 Å². The maximum absolute atomic E-state index is 14.3. The Balaban J connectivity index is 1.54. The molecule has 0 bridgehead atoms. The van der Waals surface area contributed by atoms with Crippen LogP contribution >= 0.6 is 11.6 Å². The van der Waals surface area contributed by atoms with Gasteiger partial charge in [-0.3, -0.25) is 24.1 Å². The highest BCUT2D eigenvalue weighted by Gasteiger charge is 2.67. The van der Waals surface area contributed by atoms with Crippen molar-refractivity contribution in [1.82, 2.24) is 4.90 Å². The highest BCUT2D eigenvalue weighted by molar-refractivity contribution is 6.31. The lowest BCUT2D eigenvalue weighted by atomic mass is 9.51. The van der Waals surface area contributed by atoms with Gasteiger partial charge in [-0.25, -0.2) is 9.29 Å². The largest absolute Gasteiger partial charge is 0.504 e. The van der Waals surface area contributed by atoms with Crippen molar-refractivity contribution in [2.75, 3.05) is 19.1 Å².